The molecule has 1 aliphatic carbocycles. The number of ether oxygens (including phenoxy) is 1. The van der Waals surface area contributed by atoms with Crippen molar-refractivity contribution in [3.05, 3.63) is 0 Å². The van der Waals surface area contributed by atoms with Crippen LogP contribution in [-0.4, -0.2) is 12.1 Å². The van der Waals surface area contributed by atoms with Crippen LogP contribution in [0.1, 0.15) is 19.3 Å². The molecule has 0 unspecified atom stereocenters. The molecule has 0 aromatic rings. The lowest BCUT2D eigenvalue weighted by molar-refractivity contribution is -0.144. The summed E-state index contributed by atoms with van der Waals surface area (Å²) in [5.41, 5.74) is -0.748. The smallest absolute Gasteiger partial charge is 0.294 e. The first-order valence-corrected chi connectivity index (χ1v) is 2.86. The van der Waals surface area contributed by atoms with E-state index in [-0.39, 0.29) is 0 Å². The molecule has 3 heteroatoms. The van der Waals surface area contributed by atoms with Crippen LogP contribution in [0.5, 0.6) is 0 Å². The zero-order valence-electron chi connectivity index (χ0n) is 4.96. The molecule has 0 bridgehead atoms. The summed E-state index contributed by atoms with van der Waals surface area (Å²) in [6.45, 7) is 0.350. The molecule has 48 valence electrons. The van der Waals surface area contributed by atoms with E-state index in [4.69, 9.17) is 5.26 Å². The van der Waals surface area contributed by atoms with E-state index in [9.17, 15) is 4.79 Å². The van der Waals surface area contributed by atoms with Gasteiger partial charge in [-0.15, -0.1) is 0 Å². The first-order valence-electron chi connectivity index (χ1n) is 2.86. The number of hydrogen-bond donors (Lipinski definition) is 0. The molecule has 0 amide bonds. The molecule has 1 fully saturated rings. The summed E-state index contributed by atoms with van der Waals surface area (Å²) in [6.07, 6.45) is 2.38. The van der Waals surface area contributed by atoms with E-state index in [2.05, 4.69) is 4.74 Å². The van der Waals surface area contributed by atoms with Gasteiger partial charge in [-0.2, -0.15) is 5.26 Å². The van der Waals surface area contributed by atoms with Crippen molar-refractivity contribution in [2.45, 2.75) is 24.9 Å². The summed E-state index contributed by atoms with van der Waals surface area (Å²) in [5, 5.41) is 8.43. The highest BCUT2D eigenvalue weighted by atomic mass is 16.5. The van der Waals surface area contributed by atoms with Crippen LogP contribution >= 0.6 is 0 Å². The number of rotatable bonds is 2. The Labute approximate surface area is 53.2 Å². The Morgan fingerprint density at radius 1 is 1.67 bits per heavy atom. The number of nitrogens with zero attached hydrogens (tertiary/aromatic N) is 1. The van der Waals surface area contributed by atoms with Gasteiger partial charge in [0.05, 0.1) is 0 Å². The summed E-state index contributed by atoms with van der Waals surface area (Å²) >= 11 is 0. The molecule has 1 rings (SSSR count). The van der Waals surface area contributed by atoms with Crippen LogP contribution in [0.25, 0.3) is 0 Å². The zero-order chi connectivity index (χ0) is 6.74. The van der Waals surface area contributed by atoms with Crippen molar-refractivity contribution >= 4 is 6.47 Å². The molecule has 1 saturated carbocycles. The monoisotopic (exact) mass is 125 g/mol. The maximum absolute atomic E-state index is 9.80. The summed E-state index contributed by atoms with van der Waals surface area (Å²) in [4.78, 5) is 9.80. The molecule has 0 aromatic heterocycles. The van der Waals surface area contributed by atoms with Crippen molar-refractivity contribution in [1.29, 1.82) is 5.26 Å². The van der Waals surface area contributed by atoms with Gasteiger partial charge in [-0.1, -0.05) is 0 Å². The predicted octanol–water partition coefficient (Wildman–Crippen LogP) is 0.606. The van der Waals surface area contributed by atoms with Gasteiger partial charge in [0.15, 0.2) is 5.60 Å². The number of hydrogen-bond acceptors (Lipinski definition) is 3. The van der Waals surface area contributed by atoms with E-state index >= 15 is 0 Å². The van der Waals surface area contributed by atoms with Crippen molar-refractivity contribution < 1.29 is 9.53 Å². The van der Waals surface area contributed by atoms with Gasteiger partial charge in [-0.05, 0) is 6.42 Å². The molecule has 0 aliphatic heterocycles. The van der Waals surface area contributed by atoms with Gasteiger partial charge in [0.25, 0.3) is 6.47 Å². The lowest BCUT2D eigenvalue weighted by Gasteiger charge is -2.32. The van der Waals surface area contributed by atoms with Crippen LogP contribution in [0.2, 0.25) is 0 Å². The minimum absolute atomic E-state index is 0.350. The Balaban J connectivity index is 2.49. The number of carbonyl (C=O) groups excluding carboxylic acids is 1. The lowest BCUT2D eigenvalue weighted by Crippen LogP contribution is -2.37. The third-order valence-electron chi connectivity index (χ3n) is 1.64. The van der Waals surface area contributed by atoms with Crippen molar-refractivity contribution in [2.75, 3.05) is 0 Å². The Hall–Kier alpha value is -1.04. The third kappa shape index (κ3) is 0.879. The van der Waals surface area contributed by atoms with Gasteiger partial charge in [-0.3, -0.25) is 4.79 Å². The lowest BCUT2D eigenvalue weighted by atomic mass is 9.81. The van der Waals surface area contributed by atoms with E-state index in [1.54, 1.807) is 0 Å². The van der Waals surface area contributed by atoms with E-state index in [0.29, 0.717) is 19.3 Å². The van der Waals surface area contributed by atoms with Crippen LogP contribution in [0.15, 0.2) is 0 Å². The van der Waals surface area contributed by atoms with Gasteiger partial charge in [-0.25, -0.2) is 0 Å². The molecular weight excluding hydrogens is 118 g/mol. The van der Waals surface area contributed by atoms with E-state index in [1.165, 1.54) is 0 Å². The minimum atomic E-state index is -0.748. The maximum atomic E-state index is 9.80. The summed E-state index contributed by atoms with van der Waals surface area (Å²) in [7, 11) is 0. The summed E-state index contributed by atoms with van der Waals surface area (Å²) in [5.74, 6) is 0. The number of nitriles is 1. The molecule has 0 spiro atoms. The van der Waals surface area contributed by atoms with Crippen molar-refractivity contribution in [3.8, 4) is 6.07 Å². The van der Waals surface area contributed by atoms with Crippen molar-refractivity contribution in [1.82, 2.24) is 0 Å². The van der Waals surface area contributed by atoms with Gasteiger partial charge in [0, 0.05) is 12.8 Å². The van der Waals surface area contributed by atoms with E-state index in [1.807, 2.05) is 6.07 Å². The fraction of sp³-hybridized carbons (Fsp3) is 0.667. The first kappa shape index (κ1) is 6.09. The second-order valence-corrected chi connectivity index (χ2v) is 2.17. The summed E-state index contributed by atoms with van der Waals surface area (Å²) in [6, 6.07) is 1.96. The van der Waals surface area contributed by atoms with Crippen LogP contribution in [0.4, 0.5) is 0 Å². The van der Waals surface area contributed by atoms with Crippen LogP contribution < -0.4 is 0 Å². The number of carbonyl (C=O) groups is 1. The Bertz CT molecular complexity index is 155. The first-order chi connectivity index (χ1) is 4.33. The van der Waals surface area contributed by atoms with Crippen LogP contribution in [0.3, 0.4) is 0 Å². The largest absolute Gasteiger partial charge is 0.446 e. The second-order valence-electron chi connectivity index (χ2n) is 2.17. The average Bonchev–Trinajstić information content (AvgIpc) is 1.79. The van der Waals surface area contributed by atoms with E-state index < -0.39 is 5.60 Å². The molecule has 9 heavy (non-hydrogen) atoms. The second kappa shape index (κ2) is 2.06. The quantitative estimate of drug-likeness (QED) is 0.508. The van der Waals surface area contributed by atoms with Crippen molar-refractivity contribution in [3.63, 3.8) is 0 Å². The SMILES string of the molecule is N#CC1(OC=O)CCC1. The van der Waals surface area contributed by atoms with Gasteiger partial charge in [0.1, 0.15) is 6.07 Å². The Kier molecular flexibility index (Phi) is 1.39. The molecular formula is C6H7NO2. The normalized spacial score (nSPS) is 21.2. The topological polar surface area (TPSA) is 50.1 Å². The minimum Gasteiger partial charge on any atom is -0.446 e. The van der Waals surface area contributed by atoms with Crippen LogP contribution in [-0.2, 0) is 9.53 Å². The highest BCUT2D eigenvalue weighted by Crippen LogP contribution is 2.33. The molecule has 0 N–H and O–H groups in total. The fourth-order valence-electron chi connectivity index (χ4n) is 0.846. The molecule has 0 heterocycles. The maximum Gasteiger partial charge on any atom is 0.294 e. The highest BCUT2D eigenvalue weighted by Gasteiger charge is 2.39. The molecule has 0 radical (unpaired) electrons. The standard InChI is InChI=1S/C6H7NO2/c7-4-6(9-5-8)2-1-3-6/h5H,1-3H2. The average molecular weight is 125 g/mol. The third-order valence-corrected chi connectivity index (χ3v) is 1.64. The van der Waals surface area contributed by atoms with Crippen LogP contribution in [0, 0.1) is 11.3 Å². The predicted molar refractivity (Wildman–Crippen MR) is 29.3 cm³/mol. The Morgan fingerprint density at radius 3 is 2.44 bits per heavy atom. The van der Waals surface area contributed by atoms with Gasteiger partial charge < -0.3 is 4.74 Å². The van der Waals surface area contributed by atoms with Gasteiger partial charge >= 0.3 is 0 Å². The fourth-order valence-corrected chi connectivity index (χ4v) is 0.846. The highest BCUT2D eigenvalue weighted by molar-refractivity contribution is 5.40. The van der Waals surface area contributed by atoms with Gasteiger partial charge in [0.2, 0.25) is 0 Å². The molecule has 0 atom stereocenters. The zero-order valence-corrected chi connectivity index (χ0v) is 4.96. The molecule has 3 nitrogen and oxygen atoms in total. The molecule has 0 aromatic carbocycles. The molecule has 1 aliphatic rings. The summed E-state index contributed by atoms with van der Waals surface area (Å²) < 4.78 is 4.57. The van der Waals surface area contributed by atoms with E-state index in [0.717, 1.165) is 6.42 Å². The Morgan fingerprint density at radius 2 is 2.33 bits per heavy atom. The van der Waals surface area contributed by atoms with Crippen molar-refractivity contribution in [2.24, 2.45) is 0 Å². The molecule has 0 saturated heterocycles.